The Balaban J connectivity index is 1.56. The van der Waals surface area contributed by atoms with E-state index in [2.05, 4.69) is 0 Å². The van der Waals surface area contributed by atoms with E-state index in [1.54, 1.807) is 36.2 Å². The molecule has 0 spiro atoms. The molecular weight excluding hydrogens is 392 g/mol. The van der Waals surface area contributed by atoms with Gasteiger partial charge in [0.15, 0.2) is 11.5 Å². The van der Waals surface area contributed by atoms with Crippen molar-refractivity contribution < 1.29 is 19.1 Å². The number of carbonyl (C=O) groups is 2. The number of hydrogen-bond acceptors (Lipinski definition) is 4. The van der Waals surface area contributed by atoms with Crippen LogP contribution in [-0.4, -0.2) is 39.1 Å². The summed E-state index contributed by atoms with van der Waals surface area (Å²) in [5, 5.41) is 2.21. The summed E-state index contributed by atoms with van der Waals surface area (Å²) in [6, 6.07) is 19.4. The number of hydrogen-bond donors (Lipinski definition) is 0. The fourth-order valence-electron chi connectivity index (χ4n) is 4.15. The van der Waals surface area contributed by atoms with E-state index in [4.69, 9.17) is 9.47 Å². The maximum Gasteiger partial charge on any atom is 0.232 e. The van der Waals surface area contributed by atoms with E-state index in [-0.39, 0.29) is 18.2 Å². The van der Waals surface area contributed by atoms with Crippen LogP contribution in [0.25, 0.3) is 10.8 Å². The third kappa shape index (κ3) is 3.93. The molecule has 1 unspecified atom stereocenters. The number of amides is 2. The average Bonchev–Trinajstić information content (AvgIpc) is 3.20. The second-order valence-corrected chi connectivity index (χ2v) is 7.56. The molecule has 1 saturated heterocycles. The fraction of sp³-hybridized carbons (Fsp3) is 0.280. The lowest BCUT2D eigenvalue weighted by atomic mass is 10.1. The van der Waals surface area contributed by atoms with E-state index in [0.29, 0.717) is 30.3 Å². The van der Waals surface area contributed by atoms with Crippen molar-refractivity contribution in [3.8, 4) is 11.5 Å². The van der Waals surface area contributed by atoms with Gasteiger partial charge in [-0.3, -0.25) is 9.59 Å². The van der Waals surface area contributed by atoms with Gasteiger partial charge in [-0.05, 0) is 42.0 Å². The molecule has 2 amide bonds. The largest absolute Gasteiger partial charge is 0.493 e. The number of rotatable bonds is 6. The molecule has 1 atom stereocenters. The number of ether oxygens (including phenoxy) is 2. The van der Waals surface area contributed by atoms with Crippen LogP contribution in [0.2, 0.25) is 0 Å². The van der Waals surface area contributed by atoms with E-state index in [0.717, 1.165) is 16.5 Å². The van der Waals surface area contributed by atoms with Crippen LogP contribution in [0.15, 0.2) is 60.7 Å². The van der Waals surface area contributed by atoms with Crippen molar-refractivity contribution in [2.75, 3.05) is 37.1 Å². The van der Waals surface area contributed by atoms with Gasteiger partial charge in [0.1, 0.15) is 0 Å². The lowest BCUT2D eigenvalue weighted by Gasteiger charge is -2.25. The van der Waals surface area contributed by atoms with E-state index in [1.165, 1.54) is 0 Å². The molecule has 31 heavy (non-hydrogen) atoms. The molecule has 0 N–H and O–H groups in total. The van der Waals surface area contributed by atoms with Crippen molar-refractivity contribution in [2.24, 2.45) is 5.92 Å². The van der Waals surface area contributed by atoms with Gasteiger partial charge in [-0.15, -0.1) is 0 Å². The summed E-state index contributed by atoms with van der Waals surface area (Å²) in [5.41, 5.74) is 1.55. The van der Waals surface area contributed by atoms with Gasteiger partial charge >= 0.3 is 0 Å². The van der Waals surface area contributed by atoms with Crippen molar-refractivity contribution in [2.45, 2.75) is 13.3 Å². The molecule has 1 aliphatic rings. The monoisotopic (exact) mass is 418 g/mol. The van der Waals surface area contributed by atoms with Gasteiger partial charge in [-0.2, -0.15) is 0 Å². The lowest BCUT2D eigenvalue weighted by Crippen LogP contribution is -2.37. The highest BCUT2D eigenvalue weighted by molar-refractivity contribution is 6.05. The fourth-order valence-corrected chi connectivity index (χ4v) is 4.15. The van der Waals surface area contributed by atoms with Gasteiger partial charge in [0.05, 0.1) is 20.1 Å². The van der Waals surface area contributed by atoms with Crippen molar-refractivity contribution in [3.05, 3.63) is 60.7 Å². The summed E-state index contributed by atoms with van der Waals surface area (Å²) < 4.78 is 10.6. The molecular formula is C25H26N2O4. The van der Waals surface area contributed by atoms with Crippen LogP contribution in [0.1, 0.15) is 13.3 Å². The minimum absolute atomic E-state index is 0.0332. The highest BCUT2D eigenvalue weighted by Gasteiger charge is 2.37. The summed E-state index contributed by atoms with van der Waals surface area (Å²) in [6.45, 7) is 2.84. The first-order valence-electron chi connectivity index (χ1n) is 10.4. The minimum Gasteiger partial charge on any atom is -0.493 e. The lowest BCUT2D eigenvalue weighted by molar-refractivity contribution is -0.124. The molecule has 4 rings (SSSR count). The number of fused-ring (bicyclic) bond motifs is 1. The Labute approximate surface area is 182 Å². The van der Waals surface area contributed by atoms with Crippen LogP contribution >= 0.6 is 0 Å². The Hall–Kier alpha value is -3.54. The molecule has 0 saturated carbocycles. The Morgan fingerprint density at radius 2 is 1.74 bits per heavy atom. The Morgan fingerprint density at radius 1 is 1.00 bits per heavy atom. The molecule has 0 bridgehead atoms. The van der Waals surface area contributed by atoms with Gasteiger partial charge in [-0.1, -0.05) is 30.3 Å². The van der Waals surface area contributed by atoms with Crippen LogP contribution < -0.4 is 19.3 Å². The van der Waals surface area contributed by atoms with Gasteiger partial charge in [0.2, 0.25) is 11.8 Å². The normalized spacial score (nSPS) is 15.9. The Kier molecular flexibility index (Phi) is 5.80. The summed E-state index contributed by atoms with van der Waals surface area (Å²) in [5.74, 6) is 0.647. The summed E-state index contributed by atoms with van der Waals surface area (Å²) in [7, 11) is 3.13. The number of benzene rings is 3. The number of methoxy groups -OCH3 is 2. The smallest absolute Gasteiger partial charge is 0.232 e. The first kappa shape index (κ1) is 20.7. The van der Waals surface area contributed by atoms with Gasteiger partial charge in [0.25, 0.3) is 0 Å². The van der Waals surface area contributed by atoms with Crippen LogP contribution in [-0.2, 0) is 9.59 Å². The maximum absolute atomic E-state index is 13.4. The molecule has 0 aliphatic carbocycles. The summed E-state index contributed by atoms with van der Waals surface area (Å²) in [4.78, 5) is 29.5. The molecule has 6 nitrogen and oxygen atoms in total. The molecule has 1 aliphatic heterocycles. The molecule has 160 valence electrons. The minimum atomic E-state index is -0.396. The standard InChI is InChI=1S/C25H26N2O4/c1-4-26(20-10-9-17-7-5-6-8-18(17)13-20)25(29)19-14-24(28)27(16-19)21-11-12-22(30-2)23(15-21)31-3/h5-13,15,19H,4,14,16H2,1-3H3. The zero-order chi connectivity index (χ0) is 22.0. The molecule has 3 aromatic carbocycles. The van der Waals surface area contributed by atoms with Crippen molar-refractivity contribution >= 4 is 34.0 Å². The molecule has 1 heterocycles. The van der Waals surface area contributed by atoms with E-state index in [1.807, 2.05) is 55.5 Å². The summed E-state index contributed by atoms with van der Waals surface area (Å²) >= 11 is 0. The second kappa shape index (κ2) is 8.68. The SMILES string of the molecule is CCN(C(=O)C1CC(=O)N(c2ccc(OC)c(OC)c2)C1)c1ccc2ccccc2c1. The topological polar surface area (TPSA) is 59.1 Å². The second-order valence-electron chi connectivity index (χ2n) is 7.56. The third-order valence-electron chi connectivity index (χ3n) is 5.78. The Morgan fingerprint density at radius 3 is 2.45 bits per heavy atom. The van der Waals surface area contributed by atoms with Crippen molar-refractivity contribution in [1.82, 2.24) is 0 Å². The first-order chi connectivity index (χ1) is 15.0. The average molecular weight is 418 g/mol. The number of nitrogens with zero attached hydrogens (tertiary/aromatic N) is 2. The molecule has 0 radical (unpaired) electrons. The van der Waals surface area contributed by atoms with Crippen molar-refractivity contribution in [1.29, 1.82) is 0 Å². The van der Waals surface area contributed by atoms with Crippen molar-refractivity contribution in [3.63, 3.8) is 0 Å². The zero-order valence-electron chi connectivity index (χ0n) is 18.0. The predicted molar refractivity (Wildman–Crippen MR) is 122 cm³/mol. The van der Waals surface area contributed by atoms with E-state index in [9.17, 15) is 9.59 Å². The highest BCUT2D eigenvalue weighted by atomic mass is 16.5. The maximum atomic E-state index is 13.4. The quantitative estimate of drug-likeness (QED) is 0.600. The van der Waals surface area contributed by atoms with Crippen LogP contribution in [0, 0.1) is 5.92 Å². The molecule has 0 aromatic heterocycles. The Bertz CT molecular complexity index is 1130. The van der Waals surface area contributed by atoms with E-state index < -0.39 is 5.92 Å². The molecule has 1 fully saturated rings. The zero-order valence-corrected chi connectivity index (χ0v) is 18.0. The van der Waals surface area contributed by atoms with Crippen LogP contribution in [0.3, 0.4) is 0 Å². The van der Waals surface area contributed by atoms with E-state index >= 15 is 0 Å². The third-order valence-corrected chi connectivity index (χ3v) is 5.78. The first-order valence-corrected chi connectivity index (χ1v) is 10.4. The molecule has 3 aromatic rings. The van der Waals surface area contributed by atoms with Crippen LogP contribution in [0.5, 0.6) is 11.5 Å². The molecule has 6 heteroatoms. The van der Waals surface area contributed by atoms with Gasteiger partial charge in [-0.25, -0.2) is 0 Å². The van der Waals surface area contributed by atoms with Crippen LogP contribution in [0.4, 0.5) is 11.4 Å². The predicted octanol–water partition coefficient (Wildman–Crippen LogP) is 4.26. The summed E-state index contributed by atoms with van der Waals surface area (Å²) in [6.07, 6.45) is 0.192. The van der Waals surface area contributed by atoms with Gasteiger partial charge in [0, 0.05) is 37.0 Å². The highest BCUT2D eigenvalue weighted by Crippen LogP contribution is 2.35. The van der Waals surface area contributed by atoms with Gasteiger partial charge < -0.3 is 19.3 Å². The number of carbonyl (C=O) groups excluding carboxylic acids is 2. The number of anilines is 2.